The van der Waals surface area contributed by atoms with E-state index in [0.29, 0.717) is 13.2 Å². The van der Waals surface area contributed by atoms with Gasteiger partial charge in [0.1, 0.15) is 0 Å². The predicted molar refractivity (Wildman–Crippen MR) is 83.2 cm³/mol. The van der Waals surface area contributed by atoms with Crippen LogP contribution in [-0.4, -0.2) is 31.8 Å². The highest BCUT2D eigenvalue weighted by Gasteiger charge is 2.05. The Labute approximate surface area is 128 Å². The smallest absolute Gasteiger partial charge is 0.407 e. The summed E-state index contributed by atoms with van der Waals surface area (Å²) in [7, 11) is 0. The molecule has 0 radical (unpaired) electrons. The molecule has 0 aromatic rings. The highest BCUT2D eigenvalue weighted by molar-refractivity contribution is 5.71. The van der Waals surface area contributed by atoms with Gasteiger partial charge in [0.15, 0.2) is 0 Å². The molecule has 0 aromatic carbocycles. The van der Waals surface area contributed by atoms with Crippen LogP contribution in [0.5, 0.6) is 0 Å². The van der Waals surface area contributed by atoms with Crippen molar-refractivity contribution >= 4 is 12.1 Å². The third-order valence-corrected chi connectivity index (χ3v) is 3.09. The van der Waals surface area contributed by atoms with E-state index in [0.717, 1.165) is 38.5 Å². The molecule has 5 nitrogen and oxygen atoms in total. The summed E-state index contributed by atoms with van der Waals surface area (Å²) in [5.41, 5.74) is 0. The fourth-order valence-electron chi connectivity index (χ4n) is 1.80. The minimum atomic E-state index is -0.456. The number of ether oxygens (including phenoxy) is 2. The van der Waals surface area contributed by atoms with Crippen molar-refractivity contribution in [2.45, 2.75) is 71.6 Å². The maximum Gasteiger partial charge on any atom is 0.407 e. The average molecular weight is 301 g/mol. The van der Waals surface area contributed by atoms with Crippen molar-refractivity contribution in [2.24, 2.45) is 0 Å². The molecule has 0 bridgehead atoms. The van der Waals surface area contributed by atoms with Gasteiger partial charge in [0.2, 0.25) is 0 Å². The zero-order valence-corrected chi connectivity index (χ0v) is 13.6. The van der Waals surface area contributed by atoms with E-state index in [2.05, 4.69) is 19.2 Å². The molecule has 0 aliphatic carbocycles. The van der Waals surface area contributed by atoms with Crippen molar-refractivity contribution in [3.05, 3.63) is 0 Å². The molecule has 0 fully saturated rings. The van der Waals surface area contributed by atoms with Gasteiger partial charge in [-0.3, -0.25) is 4.79 Å². The molecule has 0 aromatic heterocycles. The number of carbonyl (C=O) groups excluding carboxylic acids is 2. The molecular weight excluding hydrogens is 270 g/mol. The third kappa shape index (κ3) is 15.0. The van der Waals surface area contributed by atoms with Crippen molar-refractivity contribution in [3.63, 3.8) is 0 Å². The molecule has 0 saturated heterocycles. The number of unbranched alkanes of at least 4 members (excludes halogenated alkanes) is 6. The van der Waals surface area contributed by atoms with Gasteiger partial charge in [-0.1, -0.05) is 52.4 Å². The van der Waals surface area contributed by atoms with E-state index in [1.165, 1.54) is 12.8 Å². The third-order valence-electron chi connectivity index (χ3n) is 3.09. The summed E-state index contributed by atoms with van der Waals surface area (Å²) in [4.78, 5) is 22.7. The molecule has 124 valence electrons. The minimum absolute atomic E-state index is 0.193. The van der Waals surface area contributed by atoms with E-state index < -0.39 is 6.09 Å². The molecule has 1 N–H and O–H groups in total. The van der Waals surface area contributed by atoms with Crippen LogP contribution in [0.1, 0.15) is 71.6 Å². The molecule has 0 atom stereocenters. The first-order valence-corrected chi connectivity index (χ1v) is 8.27. The van der Waals surface area contributed by atoms with Gasteiger partial charge >= 0.3 is 12.1 Å². The Morgan fingerprint density at radius 3 is 1.95 bits per heavy atom. The van der Waals surface area contributed by atoms with Gasteiger partial charge in [0, 0.05) is 6.54 Å². The first-order valence-electron chi connectivity index (χ1n) is 8.27. The van der Waals surface area contributed by atoms with Crippen LogP contribution in [-0.2, 0) is 14.3 Å². The first kappa shape index (κ1) is 19.7. The molecule has 0 heterocycles. The number of nitrogens with one attached hydrogen (secondary N) is 1. The number of alkyl carbamates (subject to hydrolysis) is 1. The van der Waals surface area contributed by atoms with Crippen molar-refractivity contribution < 1.29 is 19.1 Å². The van der Waals surface area contributed by atoms with Crippen LogP contribution in [0.2, 0.25) is 0 Å². The van der Waals surface area contributed by atoms with E-state index in [-0.39, 0.29) is 18.9 Å². The van der Waals surface area contributed by atoms with E-state index in [4.69, 9.17) is 9.47 Å². The number of hydrogen-bond acceptors (Lipinski definition) is 4. The summed E-state index contributed by atoms with van der Waals surface area (Å²) < 4.78 is 10.1. The van der Waals surface area contributed by atoms with E-state index in [1.807, 2.05) is 0 Å². The molecule has 0 saturated carbocycles. The zero-order valence-electron chi connectivity index (χ0n) is 13.6. The molecular formula is C16H31NO4. The van der Waals surface area contributed by atoms with Crippen LogP contribution in [0.3, 0.4) is 0 Å². The second kappa shape index (κ2) is 15.1. The zero-order chi connectivity index (χ0) is 15.8. The SMILES string of the molecule is CCCCCCOC(=O)CCNC(=O)OCCCCCC. The molecule has 0 aliphatic rings. The molecule has 1 amide bonds. The molecule has 21 heavy (non-hydrogen) atoms. The standard InChI is InChI=1S/C16H31NO4/c1-3-5-7-9-13-20-15(18)11-12-17-16(19)21-14-10-8-6-4-2/h3-14H2,1-2H3,(H,17,19). The van der Waals surface area contributed by atoms with Crippen molar-refractivity contribution in [3.8, 4) is 0 Å². The van der Waals surface area contributed by atoms with E-state index >= 15 is 0 Å². The van der Waals surface area contributed by atoms with Gasteiger partial charge in [-0.15, -0.1) is 0 Å². The van der Waals surface area contributed by atoms with Crippen LogP contribution in [0, 0.1) is 0 Å². The van der Waals surface area contributed by atoms with Crippen LogP contribution >= 0.6 is 0 Å². The maximum atomic E-state index is 11.4. The normalized spacial score (nSPS) is 10.2. The van der Waals surface area contributed by atoms with Crippen molar-refractivity contribution in [1.29, 1.82) is 0 Å². The van der Waals surface area contributed by atoms with E-state index in [9.17, 15) is 9.59 Å². The Bertz CT molecular complexity index is 243. The number of rotatable bonds is 13. The van der Waals surface area contributed by atoms with Crippen LogP contribution < -0.4 is 5.32 Å². The van der Waals surface area contributed by atoms with Crippen molar-refractivity contribution in [1.82, 2.24) is 5.32 Å². The Morgan fingerprint density at radius 1 is 0.810 bits per heavy atom. The summed E-state index contributed by atoms with van der Waals surface area (Å²) in [6.45, 7) is 5.45. The summed E-state index contributed by atoms with van der Waals surface area (Å²) in [5.74, 6) is -0.269. The highest BCUT2D eigenvalue weighted by atomic mass is 16.5. The summed E-state index contributed by atoms with van der Waals surface area (Å²) in [5, 5.41) is 2.55. The lowest BCUT2D eigenvalue weighted by molar-refractivity contribution is -0.143. The lowest BCUT2D eigenvalue weighted by Crippen LogP contribution is -2.27. The minimum Gasteiger partial charge on any atom is -0.466 e. The fraction of sp³-hybridized carbons (Fsp3) is 0.875. The van der Waals surface area contributed by atoms with Gasteiger partial charge in [0.25, 0.3) is 0 Å². The fourth-order valence-corrected chi connectivity index (χ4v) is 1.80. The van der Waals surface area contributed by atoms with Crippen LogP contribution in [0.25, 0.3) is 0 Å². The molecule has 0 aliphatic heterocycles. The number of carbonyl (C=O) groups is 2. The lowest BCUT2D eigenvalue weighted by atomic mass is 10.2. The largest absolute Gasteiger partial charge is 0.466 e. The van der Waals surface area contributed by atoms with E-state index in [1.54, 1.807) is 0 Å². The van der Waals surface area contributed by atoms with Crippen LogP contribution in [0.15, 0.2) is 0 Å². The molecule has 0 unspecified atom stereocenters. The quantitative estimate of drug-likeness (QED) is 0.415. The Hall–Kier alpha value is -1.26. The highest BCUT2D eigenvalue weighted by Crippen LogP contribution is 2.00. The lowest BCUT2D eigenvalue weighted by Gasteiger charge is -2.07. The van der Waals surface area contributed by atoms with Gasteiger partial charge in [-0.05, 0) is 12.8 Å². The number of amides is 1. The second-order valence-electron chi connectivity index (χ2n) is 5.15. The van der Waals surface area contributed by atoms with Gasteiger partial charge < -0.3 is 14.8 Å². The molecule has 5 heteroatoms. The summed E-state index contributed by atoms with van der Waals surface area (Å²) >= 11 is 0. The molecule has 0 spiro atoms. The average Bonchev–Trinajstić information content (AvgIpc) is 2.47. The van der Waals surface area contributed by atoms with Gasteiger partial charge in [-0.2, -0.15) is 0 Å². The van der Waals surface area contributed by atoms with Gasteiger partial charge in [-0.25, -0.2) is 4.79 Å². The van der Waals surface area contributed by atoms with Gasteiger partial charge in [0.05, 0.1) is 19.6 Å². The number of esters is 1. The summed E-state index contributed by atoms with van der Waals surface area (Å²) in [6.07, 6.45) is 8.36. The second-order valence-corrected chi connectivity index (χ2v) is 5.15. The van der Waals surface area contributed by atoms with Crippen LogP contribution in [0.4, 0.5) is 4.79 Å². The molecule has 0 rings (SSSR count). The van der Waals surface area contributed by atoms with Crippen molar-refractivity contribution in [2.75, 3.05) is 19.8 Å². The summed E-state index contributed by atoms with van der Waals surface area (Å²) in [6, 6.07) is 0. The Morgan fingerprint density at radius 2 is 1.38 bits per heavy atom. The number of hydrogen-bond donors (Lipinski definition) is 1. The monoisotopic (exact) mass is 301 g/mol. The topological polar surface area (TPSA) is 64.6 Å². The first-order chi connectivity index (χ1) is 10.2. The Balaban J connectivity index is 3.34. The maximum absolute atomic E-state index is 11.4. The Kier molecular flexibility index (Phi) is 14.2. The predicted octanol–water partition coefficient (Wildman–Crippen LogP) is 3.81.